The molecule has 0 saturated carbocycles. The Bertz CT molecular complexity index is 1030. The van der Waals surface area contributed by atoms with E-state index in [0.717, 1.165) is 27.8 Å². The Labute approximate surface area is 152 Å². The van der Waals surface area contributed by atoms with E-state index in [1.165, 1.54) is 5.56 Å². The third-order valence-electron chi connectivity index (χ3n) is 5.28. The van der Waals surface area contributed by atoms with E-state index in [9.17, 15) is 4.79 Å². The van der Waals surface area contributed by atoms with Crippen LogP contribution < -0.4 is 10.4 Å². The smallest absolute Gasteiger partial charge is 0.274 e. The standard InChI is InChI=1S/C21H21N3O2/c1-13-7-9-18-14(11-13)8-10-19(22-18)24-12-16-15(20(25)23-26)5-4-6-17(16)21(24,2)3/h4-11,26H,12H2,1-3H3,(H,23,25). The summed E-state index contributed by atoms with van der Waals surface area (Å²) in [5, 5.41) is 10.2. The number of nitrogens with one attached hydrogen (secondary N) is 1. The molecule has 1 amide bonds. The normalized spacial score (nSPS) is 15.2. The molecule has 0 atom stereocenters. The molecule has 4 rings (SSSR count). The number of pyridine rings is 1. The van der Waals surface area contributed by atoms with Gasteiger partial charge in [0.2, 0.25) is 0 Å². The van der Waals surface area contributed by atoms with Crippen molar-refractivity contribution in [3.63, 3.8) is 0 Å². The van der Waals surface area contributed by atoms with Crippen LogP contribution in [0.3, 0.4) is 0 Å². The number of carbonyl (C=O) groups excluding carboxylic acids is 1. The van der Waals surface area contributed by atoms with E-state index in [2.05, 4.69) is 43.9 Å². The summed E-state index contributed by atoms with van der Waals surface area (Å²) < 4.78 is 0. The number of aromatic nitrogens is 1. The SMILES string of the molecule is Cc1ccc2nc(N3Cc4c(C(=O)NO)cccc4C3(C)C)ccc2c1. The minimum atomic E-state index is -0.485. The molecule has 26 heavy (non-hydrogen) atoms. The lowest BCUT2D eigenvalue weighted by atomic mass is 9.91. The van der Waals surface area contributed by atoms with E-state index in [-0.39, 0.29) is 5.54 Å². The van der Waals surface area contributed by atoms with Crippen molar-refractivity contribution in [1.29, 1.82) is 0 Å². The lowest BCUT2D eigenvalue weighted by Gasteiger charge is -2.33. The Balaban J connectivity index is 1.81. The molecule has 2 heterocycles. The van der Waals surface area contributed by atoms with Crippen LogP contribution in [0.4, 0.5) is 5.82 Å². The Morgan fingerprint density at radius 1 is 1.19 bits per heavy atom. The van der Waals surface area contributed by atoms with Crippen LogP contribution in [0.5, 0.6) is 0 Å². The first-order valence-corrected chi connectivity index (χ1v) is 8.63. The predicted octanol–water partition coefficient (Wildman–Crippen LogP) is 3.92. The number of fused-ring (bicyclic) bond motifs is 2. The molecular weight excluding hydrogens is 326 g/mol. The van der Waals surface area contributed by atoms with E-state index in [1.54, 1.807) is 11.5 Å². The summed E-state index contributed by atoms with van der Waals surface area (Å²) >= 11 is 0. The van der Waals surface area contributed by atoms with Gasteiger partial charge in [0.05, 0.1) is 11.1 Å². The molecular formula is C21H21N3O2. The Kier molecular flexibility index (Phi) is 3.70. The molecule has 3 aromatic rings. The number of nitrogens with zero attached hydrogens (tertiary/aromatic N) is 2. The lowest BCUT2D eigenvalue weighted by molar-refractivity contribution is 0.0705. The van der Waals surface area contributed by atoms with Crippen molar-refractivity contribution in [2.24, 2.45) is 0 Å². The van der Waals surface area contributed by atoms with Gasteiger partial charge in [0.1, 0.15) is 5.82 Å². The zero-order valence-electron chi connectivity index (χ0n) is 15.1. The summed E-state index contributed by atoms with van der Waals surface area (Å²) in [5.74, 6) is 0.388. The van der Waals surface area contributed by atoms with Gasteiger partial charge >= 0.3 is 0 Å². The molecule has 1 aliphatic heterocycles. The van der Waals surface area contributed by atoms with Gasteiger partial charge in [-0.05, 0) is 62.2 Å². The first-order valence-electron chi connectivity index (χ1n) is 8.63. The number of carbonyl (C=O) groups is 1. The average molecular weight is 347 g/mol. The average Bonchev–Trinajstić information content (AvgIpc) is 2.91. The fraction of sp³-hybridized carbons (Fsp3) is 0.238. The summed E-state index contributed by atoms with van der Waals surface area (Å²) in [7, 11) is 0. The summed E-state index contributed by atoms with van der Waals surface area (Å²) in [6.07, 6.45) is 0. The van der Waals surface area contributed by atoms with Gasteiger partial charge < -0.3 is 4.90 Å². The maximum absolute atomic E-state index is 12.0. The quantitative estimate of drug-likeness (QED) is 0.545. The van der Waals surface area contributed by atoms with Crippen LogP contribution in [-0.4, -0.2) is 16.1 Å². The molecule has 0 aliphatic carbocycles. The molecule has 5 heteroatoms. The molecule has 0 fully saturated rings. The van der Waals surface area contributed by atoms with E-state index in [1.807, 2.05) is 24.3 Å². The van der Waals surface area contributed by atoms with Crippen molar-refractivity contribution >= 4 is 22.6 Å². The van der Waals surface area contributed by atoms with Crippen LogP contribution in [0.15, 0.2) is 48.5 Å². The number of hydrogen-bond acceptors (Lipinski definition) is 4. The Hall–Kier alpha value is -2.92. The Morgan fingerprint density at radius 3 is 2.77 bits per heavy atom. The van der Waals surface area contributed by atoms with Crippen LogP contribution in [0.25, 0.3) is 10.9 Å². The van der Waals surface area contributed by atoms with E-state index >= 15 is 0 Å². The van der Waals surface area contributed by atoms with Gasteiger partial charge in [-0.15, -0.1) is 0 Å². The van der Waals surface area contributed by atoms with Gasteiger partial charge in [-0.1, -0.05) is 23.8 Å². The van der Waals surface area contributed by atoms with Crippen molar-refractivity contribution < 1.29 is 10.0 Å². The summed E-state index contributed by atoms with van der Waals surface area (Å²) in [4.78, 5) is 19.1. The van der Waals surface area contributed by atoms with Gasteiger partial charge in [0.25, 0.3) is 5.91 Å². The molecule has 0 bridgehead atoms. The maximum atomic E-state index is 12.0. The molecule has 0 spiro atoms. The molecule has 1 aromatic heterocycles. The van der Waals surface area contributed by atoms with E-state index in [4.69, 9.17) is 10.2 Å². The van der Waals surface area contributed by atoms with Crippen molar-refractivity contribution in [3.05, 3.63) is 70.8 Å². The van der Waals surface area contributed by atoms with Crippen LogP contribution >= 0.6 is 0 Å². The number of hydroxylamine groups is 1. The predicted molar refractivity (Wildman–Crippen MR) is 101 cm³/mol. The molecule has 132 valence electrons. The van der Waals surface area contributed by atoms with Crippen LogP contribution in [0.1, 0.15) is 40.9 Å². The zero-order chi connectivity index (χ0) is 18.5. The third-order valence-corrected chi connectivity index (χ3v) is 5.28. The van der Waals surface area contributed by atoms with Crippen molar-refractivity contribution in [2.75, 3.05) is 4.90 Å². The fourth-order valence-corrected chi connectivity index (χ4v) is 3.86. The number of hydrogen-bond donors (Lipinski definition) is 2. The Morgan fingerprint density at radius 2 is 2.00 bits per heavy atom. The van der Waals surface area contributed by atoms with Crippen molar-refractivity contribution in [3.8, 4) is 0 Å². The highest BCUT2D eigenvalue weighted by Crippen LogP contribution is 2.42. The topological polar surface area (TPSA) is 65.5 Å². The van der Waals surface area contributed by atoms with Gasteiger partial charge in [0.15, 0.2) is 0 Å². The summed E-state index contributed by atoms with van der Waals surface area (Å²) in [5.41, 5.74) is 6.09. The highest BCUT2D eigenvalue weighted by Gasteiger charge is 2.39. The minimum absolute atomic E-state index is 0.313. The molecule has 0 radical (unpaired) electrons. The molecule has 0 unspecified atom stereocenters. The second kappa shape index (κ2) is 5.81. The van der Waals surface area contributed by atoms with Gasteiger partial charge in [-0.25, -0.2) is 10.5 Å². The summed E-state index contributed by atoms with van der Waals surface area (Å²) in [6.45, 7) is 6.89. The van der Waals surface area contributed by atoms with Gasteiger partial charge in [-0.2, -0.15) is 0 Å². The molecule has 0 saturated heterocycles. The minimum Gasteiger partial charge on any atom is -0.343 e. The first kappa shape index (κ1) is 16.5. The number of aryl methyl sites for hydroxylation is 1. The third kappa shape index (κ3) is 2.44. The second-order valence-electron chi connectivity index (χ2n) is 7.28. The fourth-order valence-electron chi connectivity index (χ4n) is 3.86. The molecule has 2 aromatic carbocycles. The first-order chi connectivity index (χ1) is 12.4. The number of benzene rings is 2. The lowest BCUT2D eigenvalue weighted by Crippen LogP contribution is -2.35. The van der Waals surface area contributed by atoms with E-state index < -0.39 is 5.91 Å². The van der Waals surface area contributed by atoms with Gasteiger partial charge in [-0.3, -0.25) is 10.0 Å². The summed E-state index contributed by atoms with van der Waals surface area (Å²) in [6, 6.07) is 16.0. The second-order valence-corrected chi connectivity index (χ2v) is 7.28. The maximum Gasteiger partial charge on any atom is 0.274 e. The highest BCUT2D eigenvalue weighted by molar-refractivity contribution is 5.96. The molecule has 5 nitrogen and oxygen atoms in total. The molecule has 2 N–H and O–H groups in total. The van der Waals surface area contributed by atoms with E-state index in [0.29, 0.717) is 12.1 Å². The number of rotatable bonds is 2. The number of anilines is 1. The number of amides is 1. The molecule has 1 aliphatic rings. The largest absolute Gasteiger partial charge is 0.343 e. The van der Waals surface area contributed by atoms with Gasteiger partial charge in [0, 0.05) is 17.5 Å². The highest BCUT2D eigenvalue weighted by atomic mass is 16.5. The van der Waals surface area contributed by atoms with Crippen molar-refractivity contribution in [2.45, 2.75) is 32.9 Å². The van der Waals surface area contributed by atoms with Crippen LogP contribution in [-0.2, 0) is 12.1 Å². The van der Waals surface area contributed by atoms with Crippen LogP contribution in [0, 0.1) is 6.92 Å². The monoisotopic (exact) mass is 347 g/mol. The van der Waals surface area contributed by atoms with Crippen LogP contribution in [0.2, 0.25) is 0 Å². The zero-order valence-corrected chi connectivity index (χ0v) is 15.1. The van der Waals surface area contributed by atoms with Crippen molar-refractivity contribution in [1.82, 2.24) is 10.5 Å².